The molecule has 0 bridgehead atoms. The number of aryl methyl sites for hydroxylation is 1. The molecule has 0 saturated carbocycles. The second-order valence-corrected chi connectivity index (χ2v) is 5.55. The second-order valence-electron chi connectivity index (χ2n) is 5.55. The molecule has 0 amide bonds. The van der Waals surface area contributed by atoms with Crippen molar-refractivity contribution in [3.8, 4) is 0 Å². The Labute approximate surface area is 129 Å². The monoisotopic (exact) mass is 297 g/mol. The van der Waals surface area contributed by atoms with Gasteiger partial charge in [-0.1, -0.05) is 24.3 Å². The summed E-state index contributed by atoms with van der Waals surface area (Å²) in [6.07, 6.45) is 2.24. The van der Waals surface area contributed by atoms with Crippen LogP contribution in [0.25, 0.3) is 0 Å². The van der Waals surface area contributed by atoms with Gasteiger partial charge in [0.15, 0.2) is 11.6 Å². The fourth-order valence-corrected chi connectivity index (χ4v) is 2.34. The van der Waals surface area contributed by atoms with Gasteiger partial charge in [0.1, 0.15) is 12.9 Å². The summed E-state index contributed by atoms with van der Waals surface area (Å²) < 4.78 is 1.87. The van der Waals surface area contributed by atoms with Crippen molar-refractivity contribution in [2.24, 2.45) is 0 Å². The molecule has 0 saturated heterocycles. The number of hydrogen-bond acceptors (Lipinski definition) is 5. The Hall–Kier alpha value is -2.57. The van der Waals surface area contributed by atoms with Crippen molar-refractivity contribution in [2.75, 3.05) is 0 Å². The summed E-state index contributed by atoms with van der Waals surface area (Å²) in [5.41, 5.74) is 2.45. The van der Waals surface area contributed by atoms with Crippen LogP contribution in [0.3, 0.4) is 0 Å². The van der Waals surface area contributed by atoms with Crippen LogP contribution in [0, 0.1) is 6.92 Å². The van der Waals surface area contributed by atoms with E-state index in [1.54, 1.807) is 11.1 Å². The van der Waals surface area contributed by atoms with E-state index < -0.39 is 0 Å². The molecule has 0 aliphatic carbocycles. The fourth-order valence-electron chi connectivity index (χ4n) is 2.34. The van der Waals surface area contributed by atoms with E-state index in [0.717, 1.165) is 5.82 Å². The lowest BCUT2D eigenvalue weighted by Gasteiger charge is -2.08. The van der Waals surface area contributed by atoms with Gasteiger partial charge in [0.25, 0.3) is 0 Å². The van der Waals surface area contributed by atoms with E-state index in [1.807, 2.05) is 16.8 Å². The summed E-state index contributed by atoms with van der Waals surface area (Å²) in [5, 5.41) is 16.9. The van der Waals surface area contributed by atoms with Gasteiger partial charge in [-0.05, 0) is 37.1 Å². The van der Waals surface area contributed by atoms with E-state index >= 15 is 0 Å². The Morgan fingerprint density at radius 1 is 1.18 bits per heavy atom. The van der Waals surface area contributed by atoms with Crippen LogP contribution in [0.15, 0.2) is 30.6 Å². The van der Waals surface area contributed by atoms with Crippen LogP contribution in [0.4, 0.5) is 0 Å². The normalized spacial score (nSPS) is 11.3. The molecule has 22 heavy (non-hydrogen) atoms. The third-order valence-electron chi connectivity index (χ3n) is 3.52. The molecule has 1 aromatic carbocycles. The van der Waals surface area contributed by atoms with Crippen LogP contribution in [-0.4, -0.2) is 35.0 Å². The first-order chi connectivity index (χ1) is 10.6. The molecule has 0 aliphatic rings. The number of benzene rings is 1. The van der Waals surface area contributed by atoms with E-state index in [4.69, 9.17) is 0 Å². The summed E-state index contributed by atoms with van der Waals surface area (Å²) in [4.78, 5) is 5.83. The lowest BCUT2D eigenvalue weighted by Crippen LogP contribution is -2.13. The molecule has 3 rings (SSSR count). The third-order valence-corrected chi connectivity index (χ3v) is 3.52. The lowest BCUT2D eigenvalue weighted by atomic mass is 10.1. The maximum absolute atomic E-state index is 4.44. The Morgan fingerprint density at radius 2 is 2.00 bits per heavy atom. The molecule has 0 aliphatic heterocycles. The molecular weight excluding hydrogens is 278 g/mol. The Kier molecular flexibility index (Phi) is 3.95. The summed E-state index contributed by atoms with van der Waals surface area (Å²) in [5.74, 6) is 1.54. The van der Waals surface area contributed by atoms with Crippen LogP contribution >= 0.6 is 0 Å². The van der Waals surface area contributed by atoms with Gasteiger partial charge in [0.05, 0.1) is 0 Å². The highest BCUT2D eigenvalue weighted by molar-refractivity contribution is 5.27. The van der Waals surface area contributed by atoms with Crippen molar-refractivity contribution in [2.45, 2.75) is 39.8 Å². The van der Waals surface area contributed by atoms with Crippen molar-refractivity contribution >= 4 is 0 Å². The number of aromatic nitrogens is 7. The summed E-state index contributed by atoms with van der Waals surface area (Å²) in [7, 11) is 0. The highest BCUT2D eigenvalue weighted by atomic mass is 15.6. The maximum atomic E-state index is 4.44. The van der Waals surface area contributed by atoms with E-state index in [9.17, 15) is 0 Å². The molecule has 2 aromatic heterocycles. The molecule has 114 valence electrons. The molecule has 0 atom stereocenters. The first-order valence-electron chi connectivity index (χ1n) is 7.33. The maximum Gasteiger partial charge on any atom is 0.179 e. The van der Waals surface area contributed by atoms with Crippen LogP contribution in [0.2, 0.25) is 0 Å². The molecule has 2 heterocycles. The summed E-state index contributed by atoms with van der Waals surface area (Å²) in [6.45, 7) is 6.69. The van der Waals surface area contributed by atoms with Crippen molar-refractivity contribution in [3.05, 3.63) is 53.4 Å². The van der Waals surface area contributed by atoms with Gasteiger partial charge in [-0.15, -0.1) is 10.2 Å². The van der Waals surface area contributed by atoms with Crippen molar-refractivity contribution in [1.82, 2.24) is 35.0 Å². The molecule has 0 fully saturated rings. The fraction of sp³-hybridized carbons (Fsp3) is 0.400. The van der Waals surface area contributed by atoms with Gasteiger partial charge in [-0.3, -0.25) is 0 Å². The average Bonchev–Trinajstić information content (AvgIpc) is 3.11. The number of tetrazole rings is 1. The van der Waals surface area contributed by atoms with E-state index in [2.05, 4.69) is 58.4 Å². The highest BCUT2D eigenvalue weighted by Crippen LogP contribution is 2.11. The van der Waals surface area contributed by atoms with Gasteiger partial charge < -0.3 is 0 Å². The number of nitrogens with zero attached hydrogens (tertiary/aromatic N) is 7. The molecule has 0 radical (unpaired) electrons. The first kappa shape index (κ1) is 14.4. The molecule has 0 unspecified atom stereocenters. The highest BCUT2D eigenvalue weighted by Gasteiger charge is 2.11. The quantitative estimate of drug-likeness (QED) is 0.718. The topological polar surface area (TPSA) is 74.3 Å². The lowest BCUT2D eigenvalue weighted by molar-refractivity contribution is 0.467. The molecule has 7 nitrogen and oxygen atoms in total. The van der Waals surface area contributed by atoms with E-state index in [0.29, 0.717) is 18.8 Å². The molecule has 0 spiro atoms. The predicted molar refractivity (Wildman–Crippen MR) is 81.3 cm³/mol. The van der Waals surface area contributed by atoms with Crippen molar-refractivity contribution in [1.29, 1.82) is 0 Å². The Balaban J connectivity index is 1.74. The summed E-state index contributed by atoms with van der Waals surface area (Å²) >= 11 is 0. The van der Waals surface area contributed by atoms with E-state index in [-0.39, 0.29) is 6.04 Å². The van der Waals surface area contributed by atoms with Crippen LogP contribution < -0.4 is 0 Å². The predicted octanol–water partition coefficient (Wildman–Crippen LogP) is 1.79. The van der Waals surface area contributed by atoms with Gasteiger partial charge in [-0.25, -0.2) is 9.67 Å². The average molecular weight is 297 g/mol. The van der Waals surface area contributed by atoms with Crippen LogP contribution in [0.1, 0.15) is 42.7 Å². The van der Waals surface area contributed by atoms with Gasteiger partial charge in [0.2, 0.25) is 0 Å². The van der Waals surface area contributed by atoms with Crippen LogP contribution in [0.5, 0.6) is 0 Å². The zero-order valence-corrected chi connectivity index (χ0v) is 13.0. The zero-order valence-electron chi connectivity index (χ0n) is 13.0. The second kappa shape index (κ2) is 6.05. The van der Waals surface area contributed by atoms with Gasteiger partial charge >= 0.3 is 0 Å². The minimum absolute atomic E-state index is 0.257. The van der Waals surface area contributed by atoms with Gasteiger partial charge in [-0.2, -0.15) is 9.90 Å². The molecule has 0 N–H and O–H groups in total. The zero-order chi connectivity index (χ0) is 15.5. The molecule has 7 heteroatoms. The smallest absolute Gasteiger partial charge is 0.179 e. The standard InChI is InChI=1S/C15H19N7/c1-11(2)22-15(16-10-17-22)9-21-19-14(18-20-21)8-13-7-5-4-6-12(13)3/h4-7,10-11H,8-9H2,1-3H3. The summed E-state index contributed by atoms with van der Waals surface area (Å²) in [6, 6.07) is 8.49. The largest absolute Gasteiger partial charge is 0.246 e. The number of rotatable bonds is 5. The molecule has 3 aromatic rings. The van der Waals surface area contributed by atoms with Crippen molar-refractivity contribution < 1.29 is 0 Å². The first-order valence-corrected chi connectivity index (χ1v) is 7.33. The Bertz CT molecular complexity index is 757. The number of hydrogen-bond donors (Lipinski definition) is 0. The van der Waals surface area contributed by atoms with Crippen molar-refractivity contribution in [3.63, 3.8) is 0 Å². The third kappa shape index (κ3) is 3.03. The minimum atomic E-state index is 0.257. The molecular formula is C15H19N7. The Morgan fingerprint density at radius 3 is 2.77 bits per heavy atom. The van der Waals surface area contributed by atoms with Crippen LogP contribution in [-0.2, 0) is 13.0 Å². The SMILES string of the molecule is Cc1ccccc1Cc1nnn(Cc2ncnn2C(C)C)n1. The van der Waals surface area contributed by atoms with E-state index in [1.165, 1.54) is 11.1 Å². The minimum Gasteiger partial charge on any atom is -0.246 e. The van der Waals surface area contributed by atoms with Gasteiger partial charge in [0, 0.05) is 12.5 Å².